The Balaban J connectivity index is 1.62. The third-order valence-corrected chi connectivity index (χ3v) is 5.40. The van der Waals surface area contributed by atoms with E-state index in [0.717, 1.165) is 26.1 Å². The molecule has 1 N–H and O–H groups in total. The highest BCUT2D eigenvalue weighted by Crippen LogP contribution is 2.33. The van der Waals surface area contributed by atoms with Crippen LogP contribution < -0.4 is 5.32 Å². The summed E-state index contributed by atoms with van der Waals surface area (Å²) in [5.74, 6) is 0.300. The molecule has 5 heteroatoms. The van der Waals surface area contributed by atoms with E-state index in [0.29, 0.717) is 5.75 Å². The zero-order valence-electron chi connectivity index (χ0n) is 13.8. The molecule has 0 bridgehead atoms. The lowest BCUT2D eigenvalue weighted by Crippen LogP contribution is -2.14. The van der Waals surface area contributed by atoms with Gasteiger partial charge >= 0.3 is 0 Å². The Morgan fingerprint density at radius 1 is 1.00 bits per heavy atom. The van der Waals surface area contributed by atoms with Gasteiger partial charge in [-0.05, 0) is 42.8 Å². The number of anilines is 1. The van der Waals surface area contributed by atoms with E-state index < -0.39 is 0 Å². The van der Waals surface area contributed by atoms with Crippen LogP contribution in [0.15, 0.2) is 87.7 Å². The first-order valence-electron chi connectivity index (χ1n) is 7.88. The van der Waals surface area contributed by atoms with Crippen molar-refractivity contribution >= 4 is 35.1 Å². The second-order valence-electron chi connectivity index (χ2n) is 5.42. The molecule has 126 valence electrons. The monoisotopic (exact) mass is 366 g/mol. The van der Waals surface area contributed by atoms with Crippen molar-refractivity contribution in [3.05, 3.63) is 78.5 Å². The number of hydrogen-bond acceptors (Lipinski definition) is 4. The number of rotatable bonds is 6. The van der Waals surface area contributed by atoms with E-state index in [1.807, 2.05) is 67.7 Å². The fraction of sp³-hybridized carbons (Fsp3) is 0.100. The average molecular weight is 367 g/mol. The fourth-order valence-electron chi connectivity index (χ4n) is 2.14. The van der Waals surface area contributed by atoms with Gasteiger partial charge in [-0.1, -0.05) is 59.9 Å². The Labute approximate surface area is 156 Å². The topological polar surface area (TPSA) is 42.0 Å². The molecule has 0 aliphatic rings. The van der Waals surface area contributed by atoms with E-state index in [1.165, 1.54) is 11.8 Å². The summed E-state index contributed by atoms with van der Waals surface area (Å²) in [5, 5.41) is 3.86. The number of nitrogens with zero attached hydrogens (tertiary/aromatic N) is 1. The van der Waals surface area contributed by atoms with Crippen LogP contribution >= 0.6 is 23.5 Å². The summed E-state index contributed by atoms with van der Waals surface area (Å²) >= 11 is 3.07. The largest absolute Gasteiger partial charge is 0.324 e. The number of aromatic nitrogens is 1. The van der Waals surface area contributed by atoms with Gasteiger partial charge in [0.2, 0.25) is 5.91 Å². The number of carbonyl (C=O) groups is 1. The van der Waals surface area contributed by atoms with Crippen molar-refractivity contribution in [2.75, 3.05) is 11.1 Å². The molecule has 0 radical (unpaired) electrons. The van der Waals surface area contributed by atoms with Crippen LogP contribution in [-0.4, -0.2) is 16.6 Å². The Bertz CT molecular complexity index is 836. The van der Waals surface area contributed by atoms with Crippen LogP contribution in [0.3, 0.4) is 0 Å². The van der Waals surface area contributed by atoms with Crippen LogP contribution in [0.1, 0.15) is 5.56 Å². The maximum atomic E-state index is 12.3. The number of nitrogens with one attached hydrogen (secondary N) is 1. The molecule has 3 aromatic rings. The summed E-state index contributed by atoms with van der Waals surface area (Å²) < 4.78 is 0. The number of thioether (sulfide) groups is 1. The molecule has 3 nitrogen and oxygen atoms in total. The van der Waals surface area contributed by atoms with Crippen LogP contribution in [0.4, 0.5) is 5.69 Å². The number of pyridine rings is 1. The highest BCUT2D eigenvalue weighted by Gasteiger charge is 2.09. The minimum atomic E-state index is -0.0338. The normalized spacial score (nSPS) is 10.4. The van der Waals surface area contributed by atoms with E-state index in [4.69, 9.17) is 0 Å². The molecule has 1 amide bonds. The molecule has 0 aliphatic carbocycles. The maximum Gasteiger partial charge on any atom is 0.234 e. The highest BCUT2D eigenvalue weighted by molar-refractivity contribution is 8.00. The minimum absolute atomic E-state index is 0.0338. The average Bonchev–Trinajstić information content (AvgIpc) is 2.64. The number of hydrogen-bond donors (Lipinski definition) is 1. The minimum Gasteiger partial charge on any atom is -0.324 e. The zero-order valence-corrected chi connectivity index (χ0v) is 15.4. The smallest absolute Gasteiger partial charge is 0.234 e. The molecule has 0 fully saturated rings. The first-order valence-corrected chi connectivity index (χ1v) is 9.68. The van der Waals surface area contributed by atoms with Crippen LogP contribution in [-0.2, 0) is 4.79 Å². The van der Waals surface area contributed by atoms with Crippen molar-refractivity contribution in [2.45, 2.75) is 21.7 Å². The molecule has 1 heterocycles. The molecule has 0 saturated carbocycles. The van der Waals surface area contributed by atoms with Crippen LogP contribution in [0, 0.1) is 6.92 Å². The molecule has 25 heavy (non-hydrogen) atoms. The highest BCUT2D eigenvalue weighted by atomic mass is 32.2. The van der Waals surface area contributed by atoms with Gasteiger partial charge in [-0.2, -0.15) is 0 Å². The van der Waals surface area contributed by atoms with Gasteiger partial charge in [0.1, 0.15) is 0 Å². The predicted octanol–water partition coefficient (Wildman–Crippen LogP) is 5.27. The van der Waals surface area contributed by atoms with Gasteiger partial charge < -0.3 is 5.32 Å². The zero-order chi connectivity index (χ0) is 17.5. The van der Waals surface area contributed by atoms with E-state index in [1.54, 1.807) is 11.8 Å². The summed E-state index contributed by atoms with van der Waals surface area (Å²) in [7, 11) is 0. The summed E-state index contributed by atoms with van der Waals surface area (Å²) in [5.41, 5.74) is 1.94. The van der Waals surface area contributed by atoms with Gasteiger partial charge in [-0.15, -0.1) is 0 Å². The van der Waals surface area contributed by atoms with Gasteiger partial charge in [0.25, 0.3) is 0 Å². The molecule has 0 spiro atoms. The Morgan fingerprint density at radius 3 is 2.52 bits per heavy atom. The van der Waals surface area contributed by atoms with E-state index in [9.17, 15) is 4.79 Å². The number of carbonyl (C=O) groups excluding carboxylic acids is 1. The SMILES string of the molecule is Cc1ccc(SCC(=O)Nc2ccccc2Sc2ccccc2)nc1. The predicted molar refractivity (Wildman–Crippen MR) is 105 cm³/mol. The van der Waals surface area contributed by atoms with Crippen molar-refractivity contribution in [1.82, 2.24) is 4.98 Å². The molecule has 1 aromatic heterocycles. The summed E-state index contributed by atoms with van der Waals surface area (Å²) in [6, 6.07) is 21.9. The van der Waals surface area contributed by atoms with E-state index in [-0.39, 0.29) is 5.91 Å². The number of amides is 1. The quantitative estimate of drug-likeness (QED) is 0.603. The van der Waals surface area contributed by atoms with Gasteiger partial charge in [0.05, 0.1) is 16.5 Å². The Morgan fingerprint density at radius 2 is 1.76 bits per heavy atom. The Kier molecular flexibility index (Phi) is 6.14. The number of aryl methyl sites for hydroxylation is 1. The lowest BCUT2D eigenvalue weighted by Gasteiger charge is -2.10. The molecule has 3 rings (SSSR count). The lowest BCUT2D eigenvalue weighted by molar-refractivity contribution is -0.113. The molecular weight excluding hydrogens is 348 g/mol. The summed E-state index contributed by atoms with van der Waals surface area (Å²) in [6.07, 6.45) is 1.81. The van der Waals surface area contributed by atoms with E-state index >= 15 is 0 Å². The standard InChI is InChI=1S/C20H18N2OS2/c1-15-11-12-20(21-13-15)24-14-19(23)22-17-9-5-6-10-18(17)25-16-7-3-2-4-8-16/h2-13H,14H2,1H3,(H,22,23). The fourth-order valence-corrected chi connectivity index (χ4v) is 3.71. The van der Waals surface area contributed by atoms with Crippen LogP contribution in [0.5, 0.6) is 0 Å². The molecule has 0 aliphatic heterocycles. The number of para-hydroxylation sites is 1. The van der Waals surface area contributed by atoms with Crippen LogP contribution in [0.25, 0.3) is 0 Å². The van der Waals surface area contributed by atoms with Gasteiger partial charge in [0.15, 0.2) is 0 Å². The van der Waals surface area contributed by atoms with Crippen molar-refractivity contribution in [3.8, 4) is 0 Å². The molecule has 0 atom stereocenters. The summed E-state index contributed by atoms with van der Waals surface area (Å²) in [4.78, 5) is 18.8. The summed E-state index contributed by atoms with van der Waals surface area (Å²) in [6.45, 7) is 2.00. The number of benzene rings is 2. The van der Waals surface area contributed by atoms with Gasteiger partial charge in [0, 0.05) is 16.0 Å². The van der Waals surface area contributed by atoms with Crippen molar-refractivity contribution < 1.29 is 4.79 Å². The second-order valence-corrected chi connectivity index (χ2v) is 7.53. The van der Waals surface area contributed by atoms with Crippen molar-refractivity contribution in [1.29, 1.82) is 0 Å². The maximum absolute atomic E-state index is 12.3. The van der Waals surface area contributed by atoms with Crippen molar-refractivity contribution in [3.63, 3.8) is 0 Å². The molecule has 0 unspecified atom stereocenters. The van der Waals surface area contributed by atoms with Crippen molar-refractivity contribution in [2.24, 2.45) is 0 Å². The third kappa shape index (κ3) is 5.37. The molecule has 2 aromatic carbocycles. The Hall–Kier alpha value is -2.24. The van der Waals surface area contributed by atoms with Crippen LogP contribution in [0.2, 0.25) is 0 Å². The first-order chi connectivity index (χ1) is 12.2. The van der Waals surface area contributed by atoms with E-state index in [2.05, 4.69) is 22.4 Å². The molecular formula is C20H18N2OS2. The lowest BCUT2D eigenvalue weighted by atomic mass is 10.3. The van der Waals surface area contributed by atoms with Gasteiger partial charge in [-0.3, -0.25) is 4.79 Å². The second kappa shape index (κ2) is 8.74. The first kappa shape index (κ1) is 17.6. The molecule has 0 saturated heterocycles. The van der Waals surface area contributed by atoms with Gasteiger partial charge in [-0.25, -0.2) is 4.98 Å². The third-order valence-electron chi connectivity index (χ3n) is 3.37.